The molecule has 0 saturated carbocycles. The molecule has 2 heterocycles. The van der Waals surface area contributed by atoms with Crippen molar-refractivity contribution in [2.24, 2.45) is 7.05 Å². The van der Waals surface area contributed by atoms with Crippen LogP contribution in [-0.2, 0) is 11.8 Å². The van der Waals surface area contributed by atoms with E-state index >= 15 is 0 Å². The summed E-state index contributed by atoms with van der Waals surface area (Å²) in [7, 11) is 3.78. The van der Waals surface area contributed by atoms with Crippen LogP contribution >= 0.6 is 0 Å². The molecule has 7 heteroatoms. The molecule has 0 bridgehead atoms. The summed E-state index contributed by atoms with van der Waals surface area (Å²) in [5.74, 6) is 0.151. The first-order valence-corrected chi connectivity index (χ1v) is 10.1. The third-order valence-corrected chi connectivity index (χ3v) is 5.11. The largest absolute Gasteiger partial charge is 0.466 e. The zero-order valence-corrected chi connectivity index (χ0v) is 18.1. The molecule has 7 nitrogen and oxygen atoms in total. The molecule has 0 aliphatic carbocycles. The van der Waals surface area contributed by atoms with E-state index in [1.54, 1.807) is 4.68 Å². The summed E-state index contributed by atoms with van der Waals surface area (Å²) in [6.45, 7) is 3.78. The van der Waals surface area contributed by atoms with Crippen molar-refractivity contribution in [3.8, 4) is 5.88 Å². The number of pyridine rings is 1. The number of hydrogen-bond donors (Lipinski definition) is 1. The number of fused-ring (bicyclic) bond motifs is 1. The molecule has 1 amide bonds. The van der Waals surface area contributed by atoms with Gasteiger partial charge in [0.25, 0.3) is 5.91 Å². The van der Waals surface area contributed by atoms with Gasteiger partial charge in [-0.25, -0.2) is 9.67 Å². The average molecular weight is 415 g/mol. The zero-order chi connectivity index (χ0) is 22.0. The summed E-state index contributed by atoms with van der Waals surface area (Å²) in [4.78, 5) is 19.2. The average Bonchev–Trinajstić information content (AvgIpc) is 3.08. The van der Waals surface area contributed by atoms with Gasteiger partial charge < -0.3 is 15.0 Å². The number of para-hydroxylation sites is 3. The Morgan fingerprint density at radius 3 is 2.58 bits per heavy atom. The Labute approximate surface area is 181 Å². The van der Waals surface area contributed by atoms with E-state index < -0.39 is 0 Å². The highest BCUT2D eigenvalue weighted by Gasteiger charge is 2.17. The Kier molecular flexibility index (Phi) is 5.58. The number of aromatic nitrogens is 3. The molecule has 0 aliphatic heterocycles. The number of nitrogens with one attached hydrogen (secondary N) is 1. The van der Waals surface area contributed by atoms with Gasteiger partial charge in [0.15, 0.2) is 12.3 Å². The number of benzene rings is 2. The maximum Gasteiger partial charge on any atom is 0.262 e. The maximum atomic E-state index is 12.7. The van der Waals surface area contributed by atoms with Crippen LogP contribution in [0.4, 0.5) is 17.1 Å². The summed E-state index contributed by atoms with van der Waals surface area (Å²) in [6, 6.07) is 19.6. The maximum absolute atomic E-state index is 12.7. The fourth-order valence-corrected chi connectivity index (χ4v) is 3.63. The van der Waals surface area contributed by atoms with Crippen molar-refractivity contribution < 1.29 is 9.53 Å². The van der Waals surface area contributed by atoms with Gasteiger partial charge in [0, 0.05) is 25.5 Å². The molecule has 0 atom stereocenters. The van der Waals surface area contributed by atoms with E-state index in [1.165, 1.54) is 0 Å². The van der Waals surface area contributed by atoms with E-state index in [-0.39, 0.29) is 12.5 Å². The van der Waals surface area contributed by atoms with Gasteiger partial charge in [0.1, 0.15) is 0 Å². The van der Waals surface area contributed by atoms with E-state index in [9.17, 15) is 4.79 Å². The molecule has 31 heavy (non-hydrogen) atoms. The number of amides is 1. The normalized spacial score (nSPS) is 10.8. The van der Waals surface area contributed by atoms with Gasteiger partial charge >= 0.3 is 0 Å². The van der Waals surface area contributed by atoms with Gasteiger partial charge in [-0.05, 0) is 49.7 Å². The Balaban J connectivity index is 1.50. The minimum Gasteiger partial charge on any atom is -0.466 e. The van der Waals surface area contributed by atoms with Crippen LogP contribution in [0.5, 0.6) is 5.88 Å². The first-order valence-electron chi connectivity index (χ1n) is 10.1. The fourth-order valence-electron chi connectivity index (χ4n) is 3.63. The number of carbonyl (C=O) groups is 1. The first-order chi connectivity index (χ1) is 14.9. The topological polar surface area (TPSA) is 72.3 Å². The van der Waals surface area contributed by atoms with Crippen LogP contribution in [0.2, 0.25) is 0 Å². The summed E-state index contributed by atoms with van der Waals surface area (Å²) >= 11 is 0. The van der Waals surface area contributed by atoms with E-state index in [0.717, 1.165) is 33.7 Å². The quantitative estimate of drug-likeness (QED) is 0.506. The molecular weight excluding hydrogens is 390 g/mol. The zero-order valence-electron chi connectivity index (χ0n) is 18.1. The molecule has 0 aliphatic rings. The molecular formula is C24H25N5O2. The minimum atomic E-state index is -0.259. The molecule has 158 valence electrons. The van der Waals surface area contributed by atoms with E-state index in [1.807, 2.05) is 93.5 Å². The molecule has 2 aromatic heterocycles. The van der Waals surface area contributed by atoms with Crippen molar-refractivity contribution in [1.29, 1.82) is 0 Å². The summed E-state index contributed by atoms with van der Waals surface area (Å²) < 4.78 is 7.46. The number of aryl methyl sites for hydroxylation is 3. The lowest BCUT2D eigenvalue weighted by Gasteiger charge is -2.22. The predicted molar refractivity (Wildman–Crippen MR) is 123 cm³/mol. The number of carbonyl (C=O) groups excluding carboxylic acids is 1. The smallest absolute Gasteiger partial charge is 0.262 e. The lowest BCUT2D eigenvalue weighted by molar-refractivity contribution is -0.118. The highest BCUT2D eigenvalue weighted by molar-refractivity contribution is 5.96. The molecule has 0 spiro atoms. The second-order valence-electron chi connectivity index (χ2n) is 7.46. The van der Waals surface area contributed by atoms with Gasteiger partial charge in [-0.1, -0.05) is 30.3 Å². The highest BCUT2D eigenvalue weighted by Crippen LogP contribution is 2.31. The number of hydrogen-bond acceptors (Lipinski definition) is 5. The summed E-state index contributed by atoms with van der Waals surface area (Å²) in [5.41, 5.74) is 5.29. The molecule has 4 rings (SSSR count). The van der Waals surface area contributed by atoms with Crippen LogP contribution in [0.3, 0.4) is 0 Å². The van der Waals surface area contributed by atoms with Crippen molar-refractivity contribution in [3.63, 3.8) is 0 Å². The number of anilines is 3. The Bertz CT molecular complexity index is 1230. The lowest BCUT2D eigenvalue weighted by Crippen LogP contribution is -2.22. The van der Waals surface area contributed by atoms with E-state index in [0.29, 0.717) is 11.6 Å². The van der Waals surface area contributed by atoms with Crippen LogP contribution in [0, 0.1) is 13.8 Å². The van der Waals surface area contributed by atoms with Crippen LogP contribution in [-0.4, -0.2) is 34.3 Å². The first kappa shape index (κ1) is 20.4. The number of ether oxygens (including phenoxy) is 1. The van der Waals surface area contributed by atoms with E-state index in [4.69, 9.17) is 4.74 Å². The van der Waals surface area contributed by atoms with Crippen molar-refractivity contribution >= 4 is 34.0 Å². The third-order valence-electron chi connectivity index (χ3n) is 5.11. The molecule has 0 radical (unpaired) electrons. The SMILES string of the molecule is Cc1cc(C)c2c(OCC(=O)Nc3ccccc3N(C)c3ccccc3)nn(C)c2n1. The van der Waals surface area contributed by atoms with Gasteiger partial charge in [0.05, 0.1) is 16.8 Å². The second kappa shape index (κ2) is 8.47. The van der Waals surface area contributed by atoms with Crippen molar-refractivity contribution in [3.05, 3.63) is 71.9 Å². The van der Waals surface area contributed by atoms with E-state index in [2.05, 4.69) is 15.4 Å². The number of nitrogens with zero attached hydrogens (tertiary/aromatic N) is 4. The molecule has 0 fully saturated rings. The van der Waals surface area contributed by atoms with Crippen molar-refractivity contribution in [1.82, 2.24) is 14.8 Å². The second-order valence-corrected chi connectivity index (χ2v) is 7.46. The predicted octanol–water partition coefficient (Wildman–Crippen LogP) is 4.37. The Morgan fingerprint density at radius 1 is 1.10 bits per heavy atom. The van der Waals surface area contributed by atoms with Crippen molar-refractivity contribution in [2.75, 3.05) is 23.9 Å². The van der Waals surface area contributed by atoms with Crippen LogP contribution in [0.15, 0.2) is 60.7 Å². The molecule has 0 unspecified atom stereocenters. The Hall–Kier alpha value is -3.87. The standard InChI is InChI=1S/C24H25N5O2/c1-16-14-17(2)25-23-22(16)24(27-29(23)4)31-15-21(30)26-19-12-8-9-13-20(19)28(3)18-10-6-5-7-11-18/h5-14H,15H2,1-4H3,(H,26,30). The summed E-state index contributed by atoms with van der Waals surface area (Å²) in [5, 5.41) is 8.18. The Morgan fingerprint density at radius 2 is 1.81 bits per heavy atom. The molecule has 4 aromatic rings. The van der Waals surface area contributed by atoms with Gasteiger partial charge in [-0.15, -0.1) is 5.10 Å². The van der Waals surface area contributed by atoms with Gasteiger partial charge in [0.2, 0.25) is 5.88 Å². The number of rotatable bonds is 6. The van der Waals surface area contributed by atoms with Gasteiger partial charge in [-0.2, -0.15) is 0 Å². The molecule has 0 saturated heterocycles. The minimum absolute atomic E-state index is 0.150. The molecule has 1 N–H and O–H groups in total. The van der Waals surface area contributed by atoms with Crippen LogP contribution < -0.4 is 15.0 Å². The highest BCUT2D eigenvalue weighted by atomic mass is 16.5. The molecule has 2 aromatic carbocycles. The fraction of sp³-hybridized carbons (Fsp3) is 0.208. The van der Waals surface area contributed by atoms with Crippen molar-refractivity contribution in [2.45, 2.75) is 13.8 Å². The monoisotopic (exact) mass is 415 g/mol. The lowest BCUT2D eigenvalue weighted by atomic mass is 10.2. The third kappa shape index (κ3) is 4.21. The van der Waals surface area contributed by atoms with Crippen LogP contribution in [0.25, 0.3) is 11.0 Å². The summed E-state index contributed by atoms with van der Waals surface area (Å²) in [6.07, 6.45) is 0. The van der Waals surface area contributed by atoms with Crippen LogP contribution in [0.1, 0.15) is 11.3 Å². The van der Waals surface area contributed by atoms with Gasteiger partial charge in [-0.3, -0.25) is 4.79 Å².